The van der Waals surface area contributed by atoms with Crippen LogP contribution in [-0.4, -0.2) is 32.2 Å². The maximum absolute atomic E-state index is 12.9. The Morgan fingerprint density at radius 2 is 2.10 bits per heavy atom. The van der Waals surface area contributed by atoms with E-state index in [1.165, 1.54) is 11.8 Å². The van der Waals surface area contributed by atoms with Crippen LogP contribution in [-0.2, 0) is 0 Å². The summed E-state index contributed by atoms with van der Waals surface area (Å²) in [5.41, 5.74) is 0.796. The second-order valence-corrected chi connectivity index (χ2v) is 6.65. The molecule has 1 aromatic heterocycles. The second-order valence-electron chi connectivity index (χ2n) is 4.94. The van der Waals surface area contributed by atoms with Gasteiger partial charge in [-0.1, -0.05) is 26.0 Å². The van der Waals surface area contributed by atoms with E-state index in [0.717, 1.165) is 4.57 Å². The Hall–Kier alpha value is -1.53. The largest absolute Gasteiger partial charge is 0.426 e. The molecule has 0 fully saturated rings. The van der Waals surface area contributed by atoms with E-state index in [-0.39, 0.29) is 0 Å². The summed E-state index contributed by atoms with van der Waals surface area (Å²) in [6.45, 7) is 5.39. The lowest BCUT2D eigenvalue weighted by Crippen LogP contribution is -2.48. The third kappa shape index (κ3) is 2.65. The molecule has 0 spiro atoms. The lowest BCUT2D eigenvalue weighted by Gasteiger charge is -2.31. The van der Waals surface area contributed by atoms with E-state index in [1.54, 1.807) is 31.2 Å². The van der Waals surface area contributed by atoms with Gasteiger partial charge in [-0.05, 0) is 31.2 Å². The Labute approximate surface area is 126 Å². The molecule has 1 heterocycles. The van der Waals surface area contributed by atoms with Crippen molar-refractivity contribution in [1.82, 2.24) is 4.57 Å². The van der Waals surface area contributed by atoms with Crippen LogP contribution in [0.15, 0.2) is 33.5 Å². The van der Waals surface area contributed by atoms with Crippen LogP contribution in [0.3, 0.4) is 0 Å². The number of hydrogen-bond donors (Lipinski definition) is 1. The summed E-state index contributed by atoms with van der Waals surface area (Å²) in [6.07, 6.45) is -0.407. The Morgan fingerprint density at radius 1 is 1.43 bits per heavy atom. The molecule has 2 atom stereocenters. The second kappa shape index (κ2) is 6.07. The van der Waals surface area contributed by atoms with Crippen molar-refractivity contribution in [2.45, 2.75) is 38.0 Å². The van der Waals surface area contributed by atoms with Gasteiger partial charge in [0, 0.05) is 0 Å². The lowest BCUT2D eigenvalue weighted by atomic mass is 10.0. The van der Waals surface area contributed by atoms with Crippen LogP contribution in [0.1, 0.15) is 32.0 Å². The number of para-hydroxylation sites is 2. The van der Waals surface area contributed by atoms with E-state index in [9.17, 15) is 14.7 Å². The number of carbonyl (C=O) groups excluding carboxylic acids is 1. The molecule has 5 nitrogen and oxygen atoms in total. The minimum absolute atomic E-state index is 0.366. The van der Waals surface area contributed by atoms with Crippen molar-refractivity contribution in [3.63, 3.8) is 0 Å². The smallest absolute Gasteiger partial charge is 0.407 e. The van der Waals surface area contributed by atoms with Gasteiger partial charge in [0.2, 0.25) is 0 Å². The standard InChI is InChI=1S/C15H19NO4S/c1-4-12(17)15(3,21-5-2)13(18)16-10-8-6-7-9-11(10)20-14(16)19/h6-9,12,17H,4-5H2,1-3H3. The molecule has 0 radical (unpaired) electrons. The van der Waals surface area contributed by atoms with Gasteiger partial charge < -0.3 is 9.52 Å². The molecule has 1 N–H and O–H groups in total. The average molecular weight is 309 g/mol. The van der Waals surface area contributed by atoms with Gasteiger partial charge in [-0.25, -0.2) is 9.36 Å². The summed E-state index contributed by atoms with van der Waals surface area (Å²) in [4.78, 5) is 24.9. The highest BCUT2D eigenvalue weighted by Gasteiger charge is 2.42. The van der Waals surface area contributed by atoms with E-state index >= 15 is 0 Å². The first-order valence-electron chi connectivity index (χ1n) is 6.93. The number of nitrogens with zero attached hydrogens (tertiary/aromatic N) is 1. The van der Waals surface area contributed by atoms with Crippen molar-refractivity contribution in [1.29, 1.82) is 0 Å². The number of benzene rings is 1. The van der Waals surface area contributed by atoms with Crippen molar-refractivity contribution in [3.8, 4) is 0 Å². The first kappa shape index (κ1) is 15.9. The Balaban J connectivity index is 2.59. The van der Waals surface area contributed by atoms with Crippen LogP contribution in [0, 0.1) is 0 Å². The van der Waals surface area contributed by atoms with Crippen LogP contribution >= 0.6 is 11.8 Å². The van der Waals surface area contributed by atoms with Crippen LogP contribution in [0.2, 0.25) is 0 Å². The topological polar surface area (TPSA) is 72.4 Å². The highest BCUT2D eigenvalue weighted by atomic mass is 32.2. The van der Waals surface area contributed by atoms with Crippen molar-refractivity contribution in [2.75, 3.05) is 5.75 Å². The maximum atomic E-state index is 12.9. The van der Waals surface area contributed by atoms with E-state index in [0.29, 0.717) is 23.3 Å². The molecular formula is C15H19NO4S. The first-order valence-corrected chi connectivity index (χ1v) is 7.91. The van der Waals surface area contributed by atoms with Crippen LogP contribution < -0.4 is 5.76 Å². The quantitative estimate of drug-likeness (QED) is 0.919. The maximum Gasteiger partial charge on any atom is 0.426 e. The zero-order valence-corrected chi connectivity index (χ0v) is 13.1. The lowest BCUT2D eigenvalue weighted by molar-refractivity contribution is 0.0690. The zero-order chi connectivity index (χ0) is 15.6. The SMILES string of the molecule is CCSC(C)(C(=O)n1c(=O)oc2ccccc21)C(O)CC. The van der Waals surface area contributed by atoms with Gasteiger partial charge in [0.05, 0.1) is 11.6 Å². The van der Waals surface area contributed by atoms with Crippen molar-refractivity contribution in [2.24, 2.45) is 0 Å². The van der Waals surface area contributed by atoms with Gasteiger partial charge in [0.25, 0.3) is 5.91 Å². The zero-order valence-electron chi connectivity index (χ0n) is 12.3. The molecule has 0 aliphatic heterocycles. The summed E-state index contributed by atoms with van der Waals surface area (Å²) in [5.74, 6) is -0.504. The van der Waals surface area contributed by atoms with E-state index < -0.39 is 22.5 Å². The molecule has 0 aliphatic carbocycles. The van der Waals surface area contributed by atoms with Crippen LogP contribution in [0.25, 0.3) is 11.1 Å². The molecule has 2 unspecified atom stereocenters. The van der Waals surface area contributed by atoms with E-state index in [4.69, 9.17) is 4.42 Å². The number of carbonyl (C=O) groups is 1. The van der Waals surface area contributed by atoms with E-state index in [2.05, 4.69) is 0 Å². The molecule has 0 saturated heterocycles. The predicted molar refractivity (Wildman–Crippen MR) is 83.9 cm³/mol. The van der Waals surface area contributed by atoms with Crippen molar-refractivity contribution in [3.05, 3.63) is 34.8 Å². The van der Waals surface area contributed by atoms with Gasteiger partial charge in [-0.2, -0.15) is 0 Å². The summed E-state index contributed by atoms with van der Waals surface area (Å²) in [7, 11) is 0. The first-order chi connectivity index (χ1) is 9.95. The number of hydrogen-bond acceptors (Lipinski definition) is 5. The highest BCUT2D eigenvalue weighted by Crippen LogP contribution is 2.32. The minimum atomic E-state index is -1.08. The predicted octanol–water partition coefficient (Wildman–Crippen LogP) is 2.52. The van der Waals surface area contributed by atoms with Crippen LogP contribution in [0.4, 0.5) is 0 Å². The molecule has 0 bridgehead atoms. The Morgan fingerprint density at radius 3 is 2.71 bits per heavy atom. The number of aromatic nitrogens is 1. The minimum Gasteiger partial charge on any atom is -0.407 e. The number of oxazole rings is 1. The molecule has 0 saturated carbocycles. The molecule has 2 rings (SSSR count). The molecule has 21 heavy (non-hydrogen) atoms. The molecule has 1 aromatic carbocycles. The Bertz CT molecular complexity index is 705. The molecular weight excluding hydrogens is 290 g/mol. The van der Waals surface area contributed by atoms with E-state index in [1.807, 2.05) is 13.8 Å². The molecule has 114 valence electrons. The van der Waals surface area contributed by atoms with Gasteiger partial charge in [-0.3, -0.25) is 4.79 Å². The third-order valence-electron chi connectivity index (χ3n) is 3.58. The van der Waals surface area contributed by atoms with Gasteiger partial charge >= 0.3 is 5.76 Å². The van der Waals surface area contributed by atoms with Gasteiger partial charge in [0.15, 0.2) is 5.58 Å². The summed E-state index contributed by atoms with van der Waals surface area (Å²) in [5, 5.41) is 10.3. The Kier molecular flexibility index (Phi) is 4.58. The summed E-state index contributed by atoms with van der Waals surface area (Å²) >= 11 is 1.33. The van der Waals surface area contributed by atoms with Gasteiger partial charge in [-0.15, -0.1) is 11.8 Å². The molecule has 6 heteroatoms. The monoisotopic (exact) mass is 309 g/mol. The summed E-state index contributed by atoms with van der Waals surface area (Å²) < 4.78 is 5.04. The molecule has 2 aromatic rings. The van der Waals surface area contributed by atoms with Gasteiger partial charge in [0.1, 0.15) is 4.75 Å². The number of aliphatic hydroxyl groups excluding tert-OH is 1. The normalized spacial score (nSPS) is 15.8. The number of fused-ring (bicyclic) bond motifs is 1. The fourth-order valence-corrected chi connectivity index (χ4v) is 3.54. The summed E-state index contributed by atoms with van der Waals surface area (Å²) in [6, 6.07) is 6.77. The number of rotatable bonds is 5. The molecule has 0 amide bonds. The number of thioether (sulfide) groups is 1. The molecule has 0 aliphatic rings. The third-order valence-corrected chi connectivity index (χ3v) is 4.92. The average Bonchev–Trinajstić information content (AvgIpc) is 2.81. The number of aliphatic hydroxyl groups is 1. The van der Waals surface area contributed by atoms with Crippen LogP contribution in [0.5, 0.6) is 0 Å². The van der Waals surface area contributed by atoms with Crippen molar-refractivity contribution < 1.29 is 14.3 Å². The van der Waals surface area contributed by atoms with Crippen molar-refractivity contribution >= 4 is 28.8 Å². The highest BCUT2D eigenvalue weighted by molar-refractivity contribution is 8.01. The fourth-order valence-electron chi connectivity index (χ4n) is 2.37. The fraction of sp³-hybridized carbons (Fsp3) is 0.467.